The van der Waals surface area contributed by atoms with Gasteiger partial charge < -0.3 is 19.9 Å². The van der Waals surface area contributed by atoms with Crippen LogP contribution in [0.4, 0.5) is 16.8 Å². The van der Waals surface area contributed by atoms with E-state index >= 15 is 0 Å². The normalized spacial score (nSPS) is 14.8. The van der Waals surface area contributed by atoms with Crippen molar-refractivity contribution in [3.8, 4) is 5.69 Å². The Morgan fingerprint density at radius 2 is 2.13 bits per heavy atom. The van der Waals surface area contributed by atoms with E-state index in [0.29, 0.717) is 17.8 Å². The van der Waals surface area contributed by atoms with Gasteiger partial charge in [0.25, 0.3) is 0 Å². The van der Waals surface area contributed by atoms with Gasteiger partial charge >= 0.3 is 0 Å². The van der Waals surface area contributed by atoms with Gasteiger partial charge in [-0.15, -0.1) is 0 Å². The zero-order chi connectivity index (χ0) is 21.4. The van der Waals surface area contributed by atoms with Crippen LogP contribution in [0.1, 0.15) is 31.5 Å². The van der Waals surface area contributed by atoms with Gasteiger partial charge in [-0.2, -0.15) is 14.5 Å². The summed E-state index contributed by atoms with van der Waals surface area (Å²) in [7, 11) is 0. The average Bonchev–Trinajstić information content (AvgIpc) is 3.48. The highest BCUT2D eigenvalue weighted by Gasteiger charge is 2.19. The van der Waals surface area contributed by atoms with Crippen molar-refractivity contribution in [3.63, 3.8) is 0 Å². The van der Waals surface area contributed by atoms with Crippen LogP contribution >= 0.6 is 11.5 Å². The Morgan fingerprint density at radius 3 is 2.87 bits per heavy atom. The summed E-state index contributed by atoms with van der Waals surface area (Å²) in [5, 5.41) is 12.0. The van der Waals surface area contributed by atoms with Gasteiger partial charge in [-0.1, -0.05) is 6.58 Å². The molecule has 0 unspecified atom stereocenters. The number of aryl methyl sites for hydroxylation is 1. The highest BCUT2D eigenvalue weighted by Crippen LogP contribution is 2.30. The first-order valence-electron chi connectivity index (χ1n) is 10.2. The van der Waals surface area contributed by atoms with Crippen molar-refractivity contribution in [2.45, 2.75) is 32.7 Å². The molecule has 0 aromatic carbocycles. The second kappa shape index (κ2) is 8.12. The van der Waals surface area contributed by atoms with Gasteiger partial charge in [0, 0.05) is 31.3 Å². The van der Waals surface area contributed by atoms with E-state index in [2.05, 4.69) is 37.4 Å². The van der Waals surface area contributed by atoms with E-state index in [1.54, 1.807) is 0 Å². The summed E-state index contributed by atoms with van der Waals surface area (Å²) in [5.41, 5.74) is 4.42. The molecule has 9 nitrogen and oxygen atoms in total. The number of fused-ring (bicyclic) bond motifs is 1. The maximum atomic E-state index is 5.48. The van der Waals surface area contributed by atoms with Gasteiger partial charge in [0.1, 0.15) is 10.5 Å². The van der Waals surface area contributed by atoms with E-state index in [-0.39, 0.29) is 0 Å². The van der Waals surface area contributed by atoms with Crippen LogP contribution in [0.2, 0.25) is 0 Å². The standard InChI is InChI=1S/C21H24N8OS/c1-13(2)23-20-19-17(24-21(26-20)25-18-10-14(3)27-31-18)4-7-28(19)16-11-22-29(12-16)15-5-8-30-9-6-15/h4,7,10-12,15H,1,5-6,8-9H2,2-3H3,(H2,23,24,25,26). The van der Waals surface area contributed by atoms with Crippen LogP contribution in [-0.2, 0) is 4.74 Å². The molecule has 1 aliphatic heterocycles. The largest absolute Gasteiger partial charge is 0.381 e. The van der Waals surface area contributed by atoms with E-state index in [4.69, 9.17) is 14.7 Å². The molecule has 1 fully saturated rings. The van der Waals surface area contributed by atoms with Crippen LogP contribution in [0.25, 0.3) is 16.7 Å². The maximum absolute atomic E-state index is 5.48. The number of aromatic nitrogens is 6. The Labute approximate surface area is 183 Å². The average molecular weight is 437 g/mol. The molecule has 160 valence electrons. The summed E-state index contributed by atoms with van der Waals surface area (Å²) in [4.78, 5) is 9.43. The minimum atomic E-state index is 0.368. The Morgan fingerprint density at radius 1 is 1.29 bits per heavy atom. The third-order valence-electron chi connectivity index (χ3n) is 5.16. The second-order valence-electron chi connectivity index (χ2n) is 7.70. The molecule has 1 saturated heterocycles. The summed E-state index contributed by atoms with van der Waals surface area (Å²) in [6, 6.07) is 4.32. The zero-order valence-electron chi connectivity index (χ0n) is 17.5. The van der Waals surface area contributed by atoms with Crippen molar-refractivity contribution in [3.05, 3.63) is 48.7 Å². The van der Waals surface area contributed by atoms with E-state index < -0.39 is 0 Å². The summed E-state index contributed by atoms with van der Waals surface area (Å²) < 4.78 is 13.9. The number of nitrogens with zero attached hydrogens (tertiary/aromatic N) is 6. The fourth-order valence-corrected chi connectivity index (χ4v) is 4.40. The van der Waals surface area contributed by atoms with E-state index in [0.717, 1.165) is 59.2 Å². The number of ether oxygens (including phenoxy) is 1. The van der Waals surface area contributed by atoms with Gasteiger partial charge in [-0.05, 0) is 50.4 Å². The number of nitrogens with one attached hydrogen (secondary N) is 2. The van der Waals surface area contributed by atoms with Crippen molar-refractivity contribution in [2.24, 2.45) is 0 Å². The van der Waals surface area contributed by atoms with Crippen LogP contribution in [0, 0.1) is 6.92 Å². The highest BCUT2D eigenvalue weighted by atomic mass is 32.1. The van der Waals surface area contributed by atoms with Crippen molar-refractivity contribution in [2.75, 3.05) is 23.8 Å². The van der Waals surface area contributed by atoms with Crippen molar-refractivity contribution in [1.82, 2.24) is 28.7 Å². The Hall–Kier alpha value is -3.24. The molecule has 0 saturated carbocycles. The lowest BCUT2D eigenvalue weighted by atomic mass is 10.1. The number of hydrogen-bond donors (Lipinski definition) is 2. The summed E-state index contributed by atoms with van der Waals surface area (Å²) >= 11 is 1.38. The zero-order valence-corrected chi connectivity index (χ0v) is 18.3. The molecule has 0 radical (unpaired) electrons. The topological polar surface area (TPSA) is 94.7 Å². The minimum Gasteiger partial charge on any atom is -0.381 e. The second-order valence-corrected chi connectivity index (χ2v) is 8.51. The van der Waals surface area contributed by atoms with E-state index in [1.165, 1.54) is 11.5 Å². The molecule has 10 heteroatoms. The molecule has 0 spiro atoms. The lowest BCUT2D eigenvalue weighted by molar-refractivity contribution is 0.0662. The summed E-state index contributed by atoms with van der Waals surface area (Å²) in [6.45, 7) is 9.41. The fourth-order valence-electron chi connectivity index (χ4n) is 3.74. The molecule has 0 bridgehead atoms. The number of anilines is 3. The first kappa shape index (κ1) is 19.7. The molecule has 1 aliphatic rings. The third kappa shape index (κ3) is 4.04. The number of rotatable bonds is 6. The predicted octanol–water partition coefficient (Wildman–Crippen LogP) is 4.42. The number of hydrogen-bond acceptors (Lipinski definition) is 8. The van der Waals surface area contributed by atoms with Crippen LogP contribution in [-0.4, -0.2) is 41.9 Å². The highest BCUT2D eigenvalue weighted by molar-refractivity contribution is 7.10. The Kier molecular flexibility index (Phi) is 5.16. The van der Waals surface area contributed by atoms with Crippen molar-refractivity contribution >= 4 is 39.3 Å². The SMILES string of the molecule is C=C(C)Nc1nc(Nc2cc(C)ns2)nc2ccn(-c3cnn(C4CCOCC4)c3)c12. The molecule has 5 heterocycles. The van der Waals surface area contributed by atoms with Gasteiger partial charge in [-0.3, -0.25) is 4.68 Å². The molecular formula is C21H24N8OS. The third-order valence-corrected chi connectivity index (χ3v) is 5.95. The first-order chi connectivity index (χ1) is 15.1. The molecular weight excluding hydrogens is 412 g/mol. The van der Waals surface area contributed by atoms with Gasteiger partial charge in [0.2, 0.25) is 5.95 Å². The van der Waals surface area contributed by atoms with E-state index in [1.807, 2.05) is 43.1 Å². The molecule has 0 atom stereocenters. The summed E-state index contributed by atoms with van der Waals surface area (Å²) in [5.74, 6) is 1.20. The Balaban J connectivity index is 1.53. The molecule has 4 aromatic heterocycles. The van der Waals surface area contributed by atoms with Crippen molar-refractivity contribution < 1.29 is 4.74 Å². The van der Waals surface area contributed by atoms with Gasteiger partial charge in [0.15, 0.2) is 5.82 Å². The quantitative estimate of drug-likeness (QED) is 0.462. The molecule has 4 aromatic rings. The fraction of sp³-hybridized carbons (Fsp3) is 0.333. The van der Waals surface area contributed by atoms with Gasteiger partial charge in [0.05, 0.1) is 29.1 Å². The van der Waals surface area contributed by atoms with Crippen LogP contribution < -0.4 is 10.6 Å². The lowest BCUT2D eigenvalue weighted by Gasteiger charge is -2.22. The van der Waals surface area contributed by atoms with Crippen molar-refractivity contribution in [1.29, 1.82) is 0 Å². The molecule has 2 N–H and O–H groups in total. The molecule has 31 heavy (non-hydrogen) atoms. The maximum Gasteiger partial charge on any atom is 0.230 e. The summed E-state index contributed by atoms with van der Waals surface area (Å²) in [6.07, 6.45) is 7.91. The van der Waals surface area contributed by atoms with Gasteiger partial charge in [-0.25, -0.2) is 4.98 Å². The van der Waals surface area contributed by atoms with E-state index in [9.17, 15) is 0 Å². The van der Waals surface area contributed by atoms with Crippen LogP contribution in [0.15, 0.2) is 43.0 Å². The Bertz CT molecular complexity index is 1230. The number of allylic oxidation sites excluding steroid dienone is 1. The monoisotopic (exact) mass is 436 g/mol. The smallest absolute Gasteiger partial charge is 0.230 e. The predicted molar refractivity (Wildman–Crippen MR) is 122 cm³/mol. The van der Waals surface area contributed by atoms with Crippen LogP contribution in [0.3, 0.4) is 0 Å². The lowest BCUT2D eigenvalue weighted by Crippen LogP contribution is -2.19. The molecule has 0 amide bonds. The van der Waals surface area contributed by atoms with Crippen LogP contribution in [0.5, 0.6) is 0 Å². The molecule has 0 aliphatic carbocycles. The minimum absolute atomic E-state index is 0.368. The molecule has 5 rings (SSSR count). The first-order valence-corrected chi connectivity index (χ1v) is 11.0.